The fourth-order valence-corrected chi connectivity index (χ4v) is 1.98. The Bertz CT molecular complexity index is 388. The van der Waals surface area contributed by atoms with Crippen molar-refractivity contribution in [3.05, 3.63) is 29.6 Å². The molecule has 1 aliphatic rings. The Labute approximate surface area is 95.9 Å². The van der Waals surface area contributed by atoms with Gasteiger partial charge >= 0.3 is 0 Å². The highest BCUT2D eigenvalue weighted by molar-refractivity contribution is 5.83. The molecule has 0 N–H and O–H groups in total. The molecule has 1 aliphatic heterocycles. The van der Waals surface area contributed by atoms with Gasteiger partial charge in [-0.15, -0.1) is 0 Å². The lowest BCUT2D eigenvalue weighted by Crippen LogP contribution is -2.49. The van der Waals surface area contributed by atoms with E-state index >= 15 is 0 Å². The van der Waals surface area contributed by atoms with Gasteiger partial charge in [0.2, 0.25) is 5.91 Å². The van der Waals surface area contributed by atoms with Gasteiger partial charge < -0.3 is 4.90 Å². The van der Waals surface area contributed by atoms with Gasteiger partial charge in [-0.05, 0) is 25.6 Å². The fourth-order valence-electron chi connectivity index (χ4n) is 1.98. The Morgan fingerprint density at radius 1 is 1.31 bits per heavy atom. The first-order valence-corrected chi connectivity index (χ1v) is 5.47. The number of nitrogens with zero attached hydrogens (tertiary/aromatic N) is 3. The Morgan fingerprint density at radius 3 is 2.69 bits per heavy atom. The molecule has 1 fully saturated rings. The van der Waals surface area contributed by atoms with Crippen LogP contribution >= 0.6 is 0 Å². The summed E-state index contributed by atoms with van der Waals surface area (Å²) in [6, 6.07) is 3.76. The summed E-state index contributed by atoms with van der Waals surface area (Å²) in [5.74, 6) is 0.152. The summed E-state index contributed by atoms with van der Waals surface area (Å²) in [6.45, 7) is 3.65. The molecule has 0 aromatic carbocycles. The van der Waals surface area contributed by atoms with Crippen molar-refractivity contribution in [3.8, 4) is 0 Å². The summed E-state index contributed by atoms with van der Waals surface area (Å²) in [5.41, 5.74) is 1.95. The van der Waals surface area contributed by atoms with Crippen LogP contribution in [0.5, 0.6) is 0 Å². The predicted molar refractivity (Wildman–Crippen MR) is 62.0 cm³/mol. The first kappa shape index (κ1) is 11.1. The fraction of sp³-hybridized carbons (Fsp3) is 0.500. The summed E-state index contributed by atoms with van der Waals surface area (Å²) in [4.78, 5) is 20.2. The lowest BCUT2D eigenvalue weighted by atomic mass is 10.0. The number of rotatable bonds is 1. The molecule has 0 radical (unpaired) electrons. The lowest BCUT2D eigenvalue weighted by Gasteiger charge is -2.36. The number of aryl methyl sites for hydroxylation is 1. The number of carbonyl (C=O) groups is 1. The second-order valence-electron chi connectivity index (χ2n) is 4.38. The van der Waals surface area contributed by atoms with Gasteiger partial charge in [-0.3, -0.25) is 14.7 Å². The van der Waals surface area contributed by atoms with E-state index in [1.807, 2.05) is 33.2 Å². The van der Waals surface area contributed by atoms with E-state index in [1.54, 1.807) is 11.1 Å². The van der Waals surface area contributed by atoms with Gasteiger partial charge in [0.25, 0.3) is 0 Å². The molecule has 0 saturated carbocycles. The second-order valence-corrected chi connectivity index (χ2v) is 4.38. The smallest absolute Gasteiger partial charge is 0.244 e. The van der Waals surface area contributed by atoms with Gasteiger partial charge in [0.05, 0.1) is 0 Å². The first-order valence-electron chi connectivity index (χ1n) is 5.47. The number of aromatic nitrogens is 1. The molecule has 4 heteroatoms. The SMILES string of the molecule is Cc1ccc(C2C(=O)N(C)CCN2C)cn1. The largest absolute Gasteiger partial charge is 0.343 e. The van der Waals surface area contributed by atoms with Gasteiger partial charge in [0, 0.05) is 32.0 Å². The van der Waals surface area contributed by atoms with Crippen LogP contribution in [0.2, 0.25) is 0 Å². The van der Waals surface area contributed by atoms with E-state index in [-0.39, 0.29) is 11.9 Å². The van der Waals surface area contributed by atoms with Crippen molar-refractivity contribution < 1.29 is 4.79 Å². The number of amides is 1. The van der Waals surface area contributed by atoms with Gasteiger partial charge in [-0.2, -0.15) is 0 Å². The monoisotopic (exact) mass is 219 g/mol. The number of pyridine rings is 1. The number of piperazine rings is 1. The quantitative estimate of drug-likeness (QED) is 0.702. The van der Waals surface area contributed by atoms with Crippen LogP contribution < -0.4 is 0 Å². The molecule has 0 spiro atoms. The zero-order valence-corrected chi connectivity index (χ0v) is 9.97. The molecular formula is C12H17N3O. The Hall–Kier alpha value is -1.42. The summed E-state index contributed by atoms with van der Waals surface area (Å²) < 4.78 is 0. The highest BCUT2D eigenvalue weighted by Gasteiger charge is 2.31. The van der Waals surface area contributed by atoms with Crippen molar-refractivity contribution in [1.29, 1.82) is 0 Å². The molecule has 0 aliphatic carbocycles. The summed E-state index contributed by atoms with van der Waals surface area (Å²) in [5, 5.41) is 0. The van der Waals surface area contributed by atoms with Crippen molar-refractivity contribution in [2.75, 3.05) is 27.2 Å². The standard InChI is InChI=1S/C12H17N3O/c1-9-4-5-10(8-13-9)11-12(16)15(3)7-6-14(11)2/h4-5,8,11H,6-7H2,1-3H3. The van der Waals surface area contributed by atoms with E-state index in [0.29, 0.717) is 0 Å². The predicted octanol–water partition coefficient (Wildman–Crippen LogP) is 0.835. The minimum atomic E-state index is -0.174. The minimum Gasteiger partial charge on any atom is -0.343 e. The van der Waals surface area contributed by atoms with Gasteiger partial charge in [-0.1, -0.05) is 6.07 Å². The molecule has 16 heavy (non-hydrogen) atoms. The molecular weight excluding hydrogens is 202 g/mol. The molecule has 1 aromatic rings. The highest BCUT2D eigenvalue weighted by Crippen LogP contribution is 2.23. The molecule has 1 amide bonds. The third-order valence-corrected chi connectivity index (χ3v) is 3.09. The van der Waals surface area contributed by atoms with Crippen LogP contribution in [-0.4, -0.2) is 47.9 Å². The van der Waals surface area contributed by atoms with Crippen LogP contribution in [0.1, 0.15) is 17.3 Å². The van der Waals surface area contributed by atoms with Crippen LogP contribution in [0.3, 0.4) is 0 Å². The third kappa shape index (κ3) is 1.93. The molecule has 86 valence electrons. The summed E-state index contributed by atoms with van der Waals surface area (Å²) in [7, 11) is 3.83. The zero-order valence-electron chi connectivity index (χ0n) is 9.97. The van der Waals surface area contributed by atoms with Crippen molar-refractivity contribution in [1.82, 2.24) is 14.8 Å². The van der Waals surface area contributed by atoms with E-state index in [4.69, 9.17) is 0 Å². The van der Waals surface area contributed by atoms with Crippen LogP contribution in [0.15, 0.2) is 18.3 Å². The Balaban J connectivity index is 2.30. The molecule has 0 bridgehead atoms. The third-order valence-electron chi connectivity index (χ3n) is 3.09. The lowest BCUT2D eigenvalue weighted by molar-refractivity contribution is -0.139. The summed E-state index contributed by atoms with van der Waals surface area (Å²) >= 11 is 0. The topological polar surface area (TPSA) is 36.4 Å². The van der Waals surface area contributed by atoms with E-state index < -0.39 is 0 Å². The first-order chi connectivity index (χ1) is 7.59. The Kier molecular flexibility index (Phi) is 2.92. The van der Waals surface area contributed by atoms with Crippen LogP contribution in [-0.2, 0) is 4.79 Å². The van der Waals surface area contributed by atoms with Crippen LogP contribution in [0.4, 0.5) is 0 Å². The van der Waals surface area contributed by atoms with E-state index in [2.05, 4.69) is 9.88 Å². The maximum Gasteiger partial charge on any atom is 0.244 e. The number of likely N-dealkylation sites (N-methyl/N-ethyl adjacent to an activating group) is 2. The van der Waals surface area contributed by atoms with Crippen molar-refractivity contribution in [2.24, 2.45) is 0 Å². The average molecular weight is 219 g/mol. The van der Waals surface area contributed by atoms with Crippen molar-refractivity contribution >= 4 is 5.91 Å². The molecule has 1 aromatic heterocycles. The molecule has 1 atom stereocenters. The van der Waals surface area contributed by atoms with Gasteiger partial charge in [-0.25, -0.2) is 0 Å². The summed E-state index contributed by atoms with van der Waals surface area (Å²) in [6.07, 6.45) is 1.80. The van der Waals surface area contributed by atoms with Gasteiger partial charge in [0.15, 0.2) is 0 Å². The number of carbonyl (C=O) groups excluding carboxylic acids is 1. The van der Waals surface area contributed by atoms with E-state index in [1.165, 1.54) is 0 Å². The van der Waals surface area contributed by atoms with E-state index in [9.17, 15) is 4.79 Å². The molecule has 2 rings (SSSR count). The average Bonchev–Trinajstić information content (AvgIpc) is 2.27. The number of hydrogen-bond acceptors (Lipinski definition) is 3. The van der Waals surface area contributed by atoms with Crippen LogP contribution in [0.25, 0.3) is 0 Å². The second kappa shape index (κ2) is 4.22. The van der Waals surface area contributed by atoms with Crippen molar-refractivity contribution in [2.45, 2.75) is 13.0 Å². The highest BCUT2D eigenvalue weighted by atomic mass is 16.2. The van der Waals surface area contributed by atoms with E-state index in [0.717, 1.165) is 24.3 Å². The maximum atomic E-state index is 12.1. The zero-order chi connectivity index (χ0) is 11.7. The minimum absolute atomic E-state index is 0.152. The molecule has 1 saturated heterocycles. The Morgan fingerprint density at radius 2 is 2.06 bits per heavy atom. The normalized spacial score (nSPS) is 22.6. The molecule has 2 heterocycles. The van der Waals surface area contributed by atoms with Crippen LogP contribution in [0, 0.1) is 6.92 Å². The molecule has 4 nitrogen and oxygen atoms in total. The molecule has 1 unspecified atom stereocenters. The maximum absolute atomic E-state index is 12.1. The number of hydrogen-bond donors (Lipinski definition) is 0. The van der Waals surface area contributed by atoms with Crippen molar-refractivity contribution in [3.63, 3.8) is 0 Å². The van der Waals surface area contributed by atoms with Gasteiger partial charge in [0.1, 0.15) is 6.04 Å².